The largest absolute Gasteiger partial charge is 0.300 e. The van der Waals surface area contributed by atoms with Gasteiger partial charge < -0.3 is 4.90 Å². The van der Waals surface area contributed by atoms with E-state index in [-0.39, 0.29) is 17.7 Å². The maximum Gasteiger partial charge on any atom is 0.299 e. The Morgan fingerprint density at radius 1 is 1.05 bits per heavy atom. The zero-order valence-corrected chi connectivity index (χ0v) is 12.2. The molecular formula is C15H8BrF2NO2. The van der Waals surface area contributed by atoms with Crippen LogP contribution in [0.25, 0.3) is 0 Å². The van der Waals surface area contributed by atoms with E-state index < -0.39 is 23.3 Å². The van der Waals surface area contributed by atoms with Gasteiger partial charge in [-0.2, -0.15) is 0 Å². The third kappa shape index (κ3) is 2.35. The molecule has 2 aromatic rings. The van der Waals surface area contributed by atoms with Crippen LogP contribution in [0.15, 0.2) is 40.9 Å². The molecule has 0 saturated carbocycles. The molecule has 0 bridgehead atoms. The molecule has 1 heterocycles. The van der Waals surface area contributed by atoms with Gasteiger partial charge in [-0.25, -0.2) is 8.78 Å². The maximum absolute atomic E-state index is 13.7. The van der Waals surface area contributed by atoms with E-state index in [9.17, 15) is 18.4 Å². The summed E-state index contributed by atoms with van der Waals surface area (Å²) in [5.41, 5.74) is 0.676. The SMILES string of the molecule is O=C1C(=O)N(Cc2cc(F)ccc2F)c2ccc(Br)cc21. The molecule has 0 saturated heterocycles. The summed E-state index contributed by atoms with van der Waals surface area (Å²) in [5.74, 6) is -2.61. The first-order valence-electron chi connectivity index (χ1n) is 6.07. The summed E-state index contributed by atoms with van der Waals surface area (Å²) in [4.78, 5) is 25.1. The molecule has 0 unspecified atom stereocenters. The van der Waals surface area contributed by atoms with E-state index in [4.69, 9.17) is 0 Å². The fourth-order valence-electron chi connectivity index (χ4n) is 2.26. The van der Waals surface area contributed by atoms with E-state index in [0.717, 1.165) is 23.1 Å². The Morgan fingerprint density at radius 3 is 2.57 bits per heavy atom. The van der Waals surface area contributed by atoms with Crippen LogP contribution in [0.2, 0.25) is 0 Å². The number of ketones is 1. The number of amides is 1. The molecule has 0 aliphatic carbocycles. The van der Waals surface area contributed by atoms with E-state index in [1.54, 1.807) is 12.1 Å². The maximum atomic E-state index is 13.7. The topological polar surface area (TPSA) is 37.4 Å². The van der Waals surface area contributed by atoms with Crippen LogP contribution >= 0.6 is 15.9 Å². The summed E-state index contributed by atoms with van der Waals surface area (Å²) in [6, 6.07) is 7.83. The number of rotatable bonds is 2. The third-order valence-electron chi connectivity index (χ3n) is 3.27. The lowest BCUT2D eigenvalue weighted by Gasteiger charge is -2.17. The summed E-state index contributed by atoms with van der Waals surface area (Å²) in [6.45, 7) is -0.192. The molecular weight excluding hydrogens is 344 g/mol. The average molecular weight is 352 g/mol. The molecule has 1 aliphatic rings. The van der Waals surface area contributed by atoms with E-state index >= 15 is 0 Å². The Morgan fingerprint density at radius 2 is 1.81 bits per heavy atom. The van der Waals surface area contributed by atoms with Crippen molar-refractivity contribution in [1.29, 1.82) is 0 Å². The van der Waals surface area contributed by atoms with Crippen molar-refractivity contribution < 1.29 is 18.4 Å². The van der Waals surface area contributed by atoms with Gasteiger partial charge >= 0.3 is 0 Å². The number of hydrogen-bond donors (Lipinski definition) is 0. The quantitative estimate of drug-likeness (QED) is 0.777. The van der Waals surface area contributed by atoms with Crippen molar-refractivity contribution in [2.75, 3.05) is 4.90 Å². The van der Waals surface area contributed by atoms with Gasteiger partial charge in [0.25, 0.3) is 11.7 Å². The molecule has 0 atom stereocenters. The lowest BCUT2D eigenvalue weighted by molar-refractivity contribution is -0.114. The van der Waals surface area contributed by atoms with Crippen molar-refractivity contribution in [3.8, 4) is 0 Å². The van der Waals surface area contributed by atoms with Gasteiger partial charge in [-0.05, 0) is 36.4 Å². The van der Waals surface area contributed by atoms with Crippen molar-refractivity contribution in [1.82, 2.24) is 0 Å². The van der Waals surface area contributed by atoms with Gasteiger partial charge in [-0.15, -0.1) is 0 Å². The molecule has 3 rings (SSSR count). The van der Waals surface area contributed by atoms with Crippen molar-refractivity contribution in [3.05, 3.63) is 63.6 Å². The minimum Gasteiger partial charge on any atom is -0.300 e. The molecule has 1 amide bonds. The monoisotopic (exact) mass is 351 g/mol. The van der Waals surface area contributed by atoms with Gasteiger partial charge in [0.2, 0.25) is 0 Å². The van der Waals surface area contributed by atoms with Crippen LogP contribution in [0.5, 0.6) is 0 Å². The predicted octanol–water partition coefficient (Wildman–Crippen LogP) is 3.46. The van der Waals surface area contributed by atoms with Gasteiger partial charge in [-0.3, -0.25) is 9.59 Å². The second-order valence-corrected chi connectivity index (χ2v) is 5.53. The van der Waals surface area contributed by atoms with Crippen molar-refractivity contribution in [3.63, 3.8) is 0 Å². The zero-order valence-electron chi connectivity index (χ0n) is 10.6. The molecule has 0 radical (unpaired) electrons. The van der Waals surface area contributed by atoms with Crippen LogP contribution in [-0.4, -0.2) is 11.7 Å². The molecule has 0 fully saturated rings. The molecule has 2 aromatic carbocycles. The Bertz CT molecular complexity index is 776. The Labute approximate surface area is 127 Å². The first-order valence-corrected chi connectivity index (χ1v) is 6.86. The molecule has 0 aromatic heterocycles. The summed E-state index contributed by atoms with van der Waals surface area (Å²) < 4.78 is 27.6. The number of nitrogens with zero attached hydrogens (tertiary/aromatic N) is 1. The summed E-state index contributed by atoms with van der Waals surface area (Å²) in [7, 11) is 0. The second-order valence-electron chi connectivity index (χ2n) is 4.62. The first-order chi connectivity index (χ1) is 9.97. The number of carbonyl (C=O) groups excluding carboxylic acids is 2. The highest BCUT2D eigenvalue weighted by molar-refractivity contribution is 9.10. The van der Waals surface area contributed by atoms with Gasteiger partial charge in [0, 0.05) is 10.0 Å². The van der Waals surface area contributed by atoms with Gasteiger partial charge in [0.15, 0.2) is 0 Å². The van der Waals surface area contributed by atoms with Gasteiger partial charge in [-0.1, -0.05) is 15.9 Å². The molecule has 6 heteroatoms. The number of benzene rings is 2. The fourth-order valence-corrected chi connectivity index (χ4v) is 2.63. The van der Waals surface area contributed by atoms with Crippen molar-refractivity contribution >= 4 is 33.3 Å². The number of fused-ring (bicyclic) bond motifs is 1. The minimum atomic E-state index is -0.744. The fraction of sp³-hybridized carbons (Fsp3) is 0.0667. The summed E-state index contributed by atoms with van der Waals surface area (Å²) in [5, 5.41) is 0. The van der Waals surface area contributed by atoms with Crippen molar-refractivity contribution in [2.24, 2.45) is 0 Å². The van der Waals surface area contributed by atoms with E-state index in [2.05, 4.69) is 15.9 Å². The lowest BCUT2D eigenvalue weighted by Crippen LogP contribution is -2.29. The van der Waals surface area contributed by atoms with Crippen LogP contribution in [0.3, 0.4) is 0 Å². The standard InChI is InChI=1S/C15H8BrF2NO2/c16-9-1-4-13-11(6-9)14(20)15(21)19(13)7-8-5-10(17)2-3-12(8)18/h1-6H,7H2. The average Bonchev–Trinajstić information content (AvgIpc) is 2.68. The summed E-state index contributed by atoms with van der Waals surface area (Å²) >= 11 is 3.23. The van der Waals surface area contributed by atoms with E-state index in [1.807, 2.05) is 0 Å². The van der Waals surface area contributed by atoms with Crippen molar-refractivity contribution in [2.45, 2.75) is 6.54 Å². The predicted molar refractivity (Wildman–Crippen MR) is 76.0 cm³/mol. The van der Waals surface area contributed by atoms with Crippen LogP contribution in [0, 0.1) is 11.6 Å². The lowest BCUT2D eigenvalue weighted by atomic mass is 10.1. The Kier molecular flexibility index (Phi) is 3.33. The number of halogens is 3. The first kappa shape index (κ1) is 13.9. The number of hydrogen-bond acceptors (Lipinski definition) is 2. The highest BCUT2D eigenvalue weighted by Crippen LogP contribution is 2.32. The Hall–Kier alpha value is -2.08. The highest BCUT2D eigenvalue weighted by atomic mass is 79.9. The number of carbonyl (C=O) groups is 2. The molecule has 0 N–H and O–H groups in total. The van der Waals surface area contributed by atoms with Crippen LogP contribution < -0.4 is 4.90 Å². The van der Waals surface area contributed by atoms with Gasteiger partial charge in [0.1, 0.15) is 11.6 Å². The zero-order chi connectivity index (χ0) is 15.1. The van der Waals surface area contributed by atoms with E-state index in [1.165, 1.54) is 6.07 Å². The number of anilines is 1. The molecule has 106 valence electrons. The number of Topliss-reactive ketones (excluding diaryl/α,β-unsaturated/α-hetero) is 1. The molecule has 0 spiro atoms. The normalized spacial score (nSPS) is 13.8. The van der Waals surface area contributed by atoms with Gasteiger partial charge in [0.05, 0.1) is 17.8 Å². The molecule has 21 heavy (non-hydrogen) atoms. The minimum absolute atomic E-state index is 0.0203. The second kappa shape index (κ2) is 5.04. The van der Waals surface area contributed by atoms with Crippen LogP contribution in [0.4, 0.5) is 14.5 Å². The highest BCUT2D eigenvalue weighted by Gasteiger charge is 2.36. The third-order valence-corrected chi connectivity index (χ3v) is 3.76. The van der Waals surface area contributed by atoms with Crippen LogP contribution in [-0.2, 0) is 11.3 Å². The molecule has 1 aliphatic heterocycles. The Balaban J connectivity index is 2.02. The summed E-state index contributed by atoms with van der Waals surface area (Å²) in [6.07, 6.45) is 0. The van der Waals surface area contributed by atoms with E-state index in [0.29, 0.717) is 10.2 Å². The molecule has 3 nitrogen and oxygen atoms in total. The smallest absolute Gasteiger partial charge is 0.299 e. The van der Waals surface area contributed by atoms with Crippen LogP contribution in [0.1, 0.15) is 15.9 Å².